The van der Waals surface area contributed by atoms with Gasteiger partial charge in [-0.15, -0.1) is 0 Å². The number of nitrogens with two attached hydrogens (primary N) is 1. The van der Waals surface area contributed by atoms with Crippen LogP contribution in [0.5, 0.6) is 0 Å². The standard InChI is InChI=1S/C16H15F2NO/c1-16(2,11-5-3-4-6-12(11)17)15(20)10-7-8-13(18)14(19)9-10/h3-9H,19H2,1-2H3. The molecule has 4 heteroatoms. The third-order valence-corrected chi connectivity index (χ3v) is 3.37. The molecule has 2 aromatic rings. The average molecular weight is 275 g/mol. The molecule has 104 valence electrons. The predicted octanol–water partition coefficient (Wildman–Crippen LogP) is 3.71. The molecular weight excluding hydrogens is 260 g/mol. The maximum Gasteiger partial charge on any atom is 0.173 e. The maximum atomic E-state index is 13.9. The van der Waals surface area contributed by atoms with E-state index in [-0.39, 0.29) is 17.0 Å². The molecule has 0 saturated carbocycles. The Hall–Kier alpha value is -2.23. The van der Waals surface area contributed by atoms with Crippen LogP contribution in [0, 0.1) is 11.6 Å². The minimum absolute atomic E-state index is 0.0971. The van der Waals surface area contributed by atoms with E-state index in [1.54, 1.807) is 32.0 Å². The van der Waals surface area contributed by atoms with Crippen LogP contribution in [-0.2, 0) is 5.41 Å². The lowest BCUT2D eigenvalue weighted by Crippen LogP contribution is -2.30. The zero-order valence-electron chi connectivity index (χ0n) is 11.3. The van der Waals surface area contributed by atoms with Crippen molar-refractivity contribution in [3.63, 3.8) is 0 Å². The minimum atomic E-state index is -1.06. The Balaban J connectivity index is 2.46. The molecule has 0 saturated heterocycles. The number of ketones is 1. The van der Waals surface area contributed by atoms with Gasteiger partial charge in [-0.1, -0.05) is 18.2 Å². The van der Waals surface area contributed by atoms with Crippen molar-refractivity contribution in [1.82, 2.24) is 0 Å². The molecule has 0 amide bonds. The first-order valence-electron chi connectivity index (χ1n) is 6.19. The fourth-order valence-electron chi connectivity index (χ4n) is 2.14. The first-order chi connectivity index (χ1) is 9.34. The number of carbonyl (C=O) groups excluding carboxylic acids is 1. The number of benzene rings is 2. The van der Waals surface area contributed by atoms with Crippen LogP contribution in [0.2, 0.25) is 0 Å². The summed E-state index contributed by atoms with van der Waals surface area (Å²) in [5.74, 6) is -1.33. The number of Topliss-reactive ketones (excluding diaryl/α,β-unsaturated/α-hetero) is 1. The predicted molar refractivity (Wildman–Crippen MR) is 74.6 cm³/mol. The van der Waals surface area contributed by atoms with Gasteiger partial charge in [-0.05, 0) is 38.1 Å². The van der Waals surface area contributed by atoms with Gasteiger partial charge < -0.3 is 5.73 Å². The number of nitrogen functional groups attached to an aromatic ring is 1. The van der Waals surface area contributed by atoms with E-state index >= 15 is 0 Å². The number of halogens is 2. The number of carbonyl (C=O) groups is 1. The van der Waals surface area contributed by atoms with Crippen LogP contribution >= 0.6 is 0 Å². The van der Waals surface area contributed by atoms with E-state index in [0.717, 1.165) is 6.07 Å². The summed E-state index contributed by atoms with van der Waals surface area (Å²) >= 11 is 0. The van der Waals surface area contributed by atoms with Crippen LogP contribution in [0.4, 0.5) is 14.5 Å². The zero-order valence-corrected chi connectivity index (χ0v) is 11.3. The van der Waals surface area contributed by atoms with Gasteiger partial charge in [0.05, 0.1) is 11.1 Å². The fourth-order valence-corrected chi connectivity index (χ4v) is 2.14. The van der Waals surface area contributed by atoms with Crippen molar-refractivity contribution in [2.75, 3.05) is 5.73 Å². The van der Waals surface area contributed by atoms with Crippen molar-refractivity contribution >= 4 is 11.5 Å². The Morgan fingerprint density at radius 3 is 2.30 bits per heavy atom. The van der Waals surface area contributed by atoms with Crippen LogP contribution < -0.4 is 5.73 Å². The van der Waals surface area contributed by atoms with Crippen LogP contribution in [0.25, 0.3) is 0 Å². The molecule has 0 spiro atoms. The Labute approximate surface area is 116 Å². The van der Waals surface area contributed by atoms with E-state index in [1.807, 2.05) is 0 Å². The number of hydrogen-bond acceptors (Lipinski definition) is 2. The normalized spacial score (nSPS) is 11.4. The molecule has 0 aromatic heterocycles. The van der Waals surface area contributed by atoms with Gasteiger partial charge in [0.2, 0.25) is 0 Å². The Morgan fingerprint density at radius 1 is 1.05 bits per heavy atom. The third-order valence-electron chi connectivity index (χ3n) is 3.37. The summed E-state index contributed by atoms with van der Waals surface area (Å²) in [6.07, 6.45) is 0. The zero-order chi connectivity index (χ0) is 14.9. The van der Waals surface area contributed by atoms with Crippen LogP contribution in [-0.4, -0.2) is 5.78 Å². The topological polar surface area (TPSA) is 43.1 Å². The highest BCUT2D eigenvalue weighted by Gasteiger charge is 2.33. The smallest absolute Gasteiger partial charge is 0.173 e. The van der Waals surface area contributed by atoms with Gasteiger partial charge in [-0.3, -0.25) is 4.79 Å². The van der Waals surface area contributed by atoms with Gasteiger partial charge in [0, 0.05) is 11.1 Å². The molecular formula is C16H15F2NO. The summed E-state index contributed by atoms with van der Waals surface area (Å²) in [6.45, 7) is 3.26. The Morgan fingerprint density at radius 2 is 1.70 bits per heavy atom. The molecule has 20 heavy (non-hydrogen) atoms. The van der Waals surface area contributed by atoms with E-state index in [1.165, 1.54) is 18.2 Å². The molecule has 0 radical (unpaired) electrons. The number of hydrogen-bond donors (Lipinski definition) is 1. The lowest BCUT2D eigenvalue weighted by Gasteiger charge is -2.24. The van der Waals surface area contributed by atoms with Crippen LogP contribution in [0.1, 0.15) is 29.8 Å². The number of rotatable bonds is 3. The van der Waals surface area contributed by atoms with Gasteiger partial charge in [0.25, 0.3) is 0 Å². The number of anilines is 1. The SMILES string of the molecule is CC(C)(C(=O)c1ccc(F)c(N)c1)c1ccccc1F. The van der Waals surface area contributed by atoms with E-state index in [0.29, 0.717) is 5.56 Å². The van der Waals surface area contributed by atoms with Crippen molar-refractivity contribution in [1.29, 1.82) is 0 Å². The second-order valence-corrected chi connectivity index (χ2v) is 5.17. The second-order valence-electron chi connectivity index (χ2n) is 5.17. The van der Waals surface area contributed by atoms with Gasteiger partial charge in [0.15, 0.2) is 5.78 Å². The van der Waals surface area contributed by atoms with Gasteiger partial charge >= 0.3 is 0 Å². The molecule has 0 aliphatic rings. The highest BCUT2D eigenvalue weighted by Crippen LogP contribution is 2.30. The van der Waals surface area contributed by atoms with Crippen molar-refractivity contribution in [2.45, 2.75) is 19.3 Å². The van der Waals surface area contributed by atoms with Crippen LogP contribution in [0.3, 0.4) is 0 Å². The average Bonchev–Trinajstić information content (AvgIpc) is 2.41. The van der Waals surface area contributed by atoms with Crippen LogP contribution in [0.15, 0.2) is 42.5 Å². The van der Waals surface area contributed by atoms with Crippen molar-refractivity contribution in [3.05, 3.63) is 65.2 Å². The van der Waals surface area contributed by atoms with Gasteiger partial charge in [0.1, 0.15) is 11.6 Å². The van der Waals surface area contributed by atoms with E-state index < -0.39 is 17.0 Å². The molecule has 0 bridgehead atoms. The molecule has 2 nitrogen and oxygen atoms in total. The van der Waals surface area contributed by atoms with Crippen molar-refractivity contribution < 1.29 is 13.6 Å². The van der Waals surface area contributed by atoms with Gasteiger partial charge in [-0.25, -0.2) is 8.78 Å². The van der Waals surface area contributed by atoms with Crippen molar-refractivity contribution in [3.8, 4) is 0 Å². The van der Waals surface area contributed by atoms with Crippen molar-refractivity contribution in [2.24, 2.45) is 0 Å². The molecule has 0 atom stereocenters. The van der Waals surface area contributed by atoms with E-state index in [2.05, 4.69) is 0 Å². The third kappa shape index (κ3) is 2.41. The molecule has 0 fully saturated rings. The summed E-state index contributed by atoms with van der Waals surface area (Å²) in [4.78, 5) is 12.5. The summed E-state index contributed by atoms with van der Waals surface area (Å²) in [7, 11) is 0. The molecule has 0 heterocycles. The largest absolute Gasteiger partial charge is 0.396 e. The maximum absolute atomic E-state index is 13.9. The summed E-state index contributed by atoms with van der Waals surface area (Å²) < 4.78 is 27.0. The Kier molecular flexibility index (Phi) is 3.57. The highest BCUT2D eigenvalue weighted by molar-refractivity contribution is 6.04. The second kappa shape index (κ2) is 5.04. The summed E-state index contributed by atoms with van der Waals surface area (Å²) in [5, 5.41) is 0. The lowest BCUT2D eigenvalue weighted by atomic mass is 9.77. The summed E-state index contributed by atoms with van der Waals surface area (Å²) in [6, 6.07) is 9.89. The minimum Gasteiger partial charge on any atom is -0.396 e. The monoisotopic (exact) mass is 275 g/mol. The molecule has 2 aromatic carbocycles. The molecule has 2 N–H and O–H groups in total. The van der Waals surface area contributed by atoms with E-state index in [4.69, 9.17) is 5.73 Å². The Bertz CT molecular complexity index is 665. The highest BCUT2D eigenvalue weighted by atomic mass is 19.1. The summed E-state index contributed by atoms with van der Waals surface area (Å²) in [5.41, 5.74) is 4.87. The lowest BCUT2D eigenvalue weighted by molar-refractivity contribution is 0.0906. The van der Waals surface area contributed by atoms with E-state index in [9.17, 15) is 13.6 Å². The first kappa shape index (κ1) is 14.2. The molecule has 2 rings (SSSR count). The quantitative estimate of drug-likeness (QED) is 0.685. The molecule has 0 aliphatic carbocycles. The molecule has 0 aliphatic heterocycles. The molecule has 0 unspecified atom stereocenters. The van der Waals surface area contributed by atoms with Gasteiger partial charge in [-0.2, -0.15) is 0 Å². The fraction of sp³-hybridized carbons (Fsp3) is 0.188. The first-order valence-corrected chi connectivity index (χ1v) is 6.19.